The third kappa shape index (κ3) is 5.34. The van der Waals surface area contributed by atoms with Crippen molar-refractivity contribution in [3.8, 4) is 5.75 Å². The Bertz CT molecular complexity index is 578. The van der Waals surface area contributed by atoms with Crippen molar-refractivity contribution < 1.29 is 9.53 Å². The molecule has 3 nitrogen and oxygen atoms in total. The van der Waals surface area contributed by atoms with Crippen molar-refractivity contribution in [2.45, 2.75) is 32.1 Å². The highest BCUT2D eigenvalue weighted by Crippen LogP contribution is 2.24. The topological polar surface area (TPSA) is 38.3 Å². The van der Waals surface area contributed by atoms with Crippen molar-refractivity contribution >= 4 is 27.9 Å². The quantitative estimate of drug-likeness (QED) is 0.597. The number of allylic oxidation sites excluding steroid dienone is 1. The fraction of sp³-hybridized carbons (Fsp3) is 0.389. The Morgan fingerprint density at radius 3 is 3.00 bits per heavy atom. The zero-order valence-electron chi connectivity index (χ0n) is 12.9. The first-order valence-corrected chi connectivity index (χ1v) is 8.45. The predicted octanol–water partition coefficient (Wildman–Crippen LogP) is 4.48. The lowest BCUT2D eigenvalue weighted by Gasteiger charge is -2.12. The van der Waals surface area contributed by atoms with E-state index in [1.54, 1.807) is 19.3 Å². The van der Waals surface area contributed by atoms with E-state index < -0.39 is 0 Å². The second kappa shape index (κ2) is 8.79. The maximum atomic E-state index is 11.9. The fourth-order valence-corrected chi connectivity index (χ4v) is 2.92. The largest absolute Gasteiger partial charge is 0.496 e. The lowest BCUT2D eigenvalue weighted by atomic mass is 9.97. The molecule has 2 rings (SSSR count). The first-order valence-electron chi connectivity index (χ1n) is 7.66. The van der Waals surface area contributed by atoms with Gasteiger partial charge in [-0.2, -0.15) is 0 Å². The minimum atomic E-state index is -0.0709. The van der Waals surface area contributed by atoms with Crippen LogP contribution in [0, 0.1) is 0 Å². The molecule has 0 aromatic heterocycles. The summed E-state index contributed by atoms with van der Waals surface area (Å²) in [5.74, 6) is 0.679. The maximum Gasteiger partial charge on any atom is 0.244 e. The summed E-state index contributed by atoms with van der Waals surface area (Å²) < 4.78 is 6.24. The van der Waals surface area contributed by atoms with Gasteiger partial charge in [0.05, 0.1) is 7.11 Å². The van der Waals surface area contributed by atoms with Gasteiger partial charge < -0.3 is 10.1 Å². The molecule has 1 aromatic carbocycles. The molecule has 4 heteroatoms. The summed E-state index contributed by atoms with van der Waals surface area (Å²) in [5, 5.41) is 2.93. The number of ether oxygens (including phenoxy) is 1. The van der Waals surface area contributed by atoms with E-state index in [4.69, 9.17) is 4.74 Å². The minimum Gasteiger partial charge on any atom is -0.496 e. The van der Waals surface area contributed by atoms with Crippen LogP contribution in [0.3, 0.4) is 0 Å². The number of amides is 1. The monoisotopic (exact) mass is 363 g/mol. The van der Waals surface area contributed by atoms with Gasteiger partial charge in [0.15, 0.2) is 0 Å². The number of carbonyl (C=O) groups is 1. The average molecular weight is 364 g/mol. The summed E-state index contributed by atoms with van der Waals surface area (Å²) >= 11 is 3.42. The van der Waals surface area contributed by atoms with Gasteiger partial charge in [-0.1, -0.05) is 27.6 Å². The first-order chi connectivity index (χ1) is 10.7. The number of halogens is 1. The average Bonchev–Trinajstić information content (AvgIpc) is 2.54. The van der Waals surface area contributed by atoms with E-state index in [1.165, 1.54) is 31.3 Å². The highest BCUT2D eigenvalue weighted by Gasteiger charge is 2.04. The van der Waals surface area contributed by atoms with Crippen molar-refractivity contribution in [1.82, 2.24) is 5.32 Å². The summed E-state index contributed by atoms with van der Waals surface area (Å²) in [6.45, 7) is 0.699. The van der Waals surface area contributed by atoms with Crippen molar-refractivity contribution in [2.24, 2.45) is 0 Å². The molecule has 0 saturated heterocycles. The Hall–Kier alpha value is -1.55. The van der Waals surface area contributed by atoms with Gasteiger partial charge in [-0.05, 0) is 56.4 Å². The van der Waals surface area contributed by atoms with E-state index in [-0.39, 0.29) is 5.91 Å². The van der Waals surface area contributed by atoms with E-state index in [0.717, 1.165) is 22.2 Å². The van der Waals surface area contributed by atoms with Crippen LogP contribution in [0.4, 0.5) is 0 Å². The normalized spacial score (nSPS) is 14.7. The number of nitrogens with one attached hydrogen (secondary N) is 1. The smallest absolute Gasteiger partial charge is 0.244 e. The summed E-state index contributed by atoms with van der Waals surface area (Å²) in [5.41, 5.74) is 2.35. The number of carbonyl (C=O) groups excluding carboxylic acids is 1. The highest BCUT2D eigenvalue weighted by molar-refractivity contribution is 9.10. The molecule has 0 aliphatic heterocycles. The van der Waals surface area contributed by atoms with Crippen LogP contribution in [0.5, 0.6) is 5.75 Å². The van der Waals surface area contributed by atoms with E-state index in [2.05, 4.69) is 27.3 Å². The molecule has 1 aromatic rings. The Morgan fingerprint density at radius 1 is 1.41 bits per heavy atom. The van der Waals surface area contributed by atoms with Gasteiger partial charge in [0.1, 0.15) is 5.75 Å². The van der Waals surface area contributed by atoms with Gasteiger partial charge >= 0.3 is 0 Å². The predicted molar refractivity (Wildman–Crippen MR) is 93.9 cm³/mol. The number of methoxy groups -OCH3 is 1. The van der Waals surface area contributed by atoms with Gasteiger partial charge in [-0.3, -0.25) is 4.79 Å². The number of rotatable bonds is 6. The van der Waals surface area contributed by atoms with Gasteiger partial charge in [0.2, 0.25) is 5.91 Å². The molecular formula is C18H22BrNO2. The molecule has 1 aliphatic rings. The molecule has 0 atom stereocenters. The lowest BCUT2D eigenvalue weighted by Crippen LogP contribution is -2.22. The SMILES string of the molecule is COc1ccc(Br)cc1/C=C/C(=O)NCCC1=CCCCC1. The van der Waals surface area contributed by atoms with Crippen molar-refractivity contribution in [3.63, 3.8) is 0 Å². The van der Waals surface area contributed by atoms with E-state index in [1.807, 2.05) is 18.2 Å². The van der Waals surface area contributed by atoms with Gasteiger partial charge in [-0.25, -0.2) is 0 Å². The van der Waals surface area contributed by atoms with Crippen LogP contribution in [-0.2, 0) is 4.79 Å². The molecule has 118 valence electrons. The molecule has 0 radical (unpaired) electrons. The van der Waals surface area contributed by atoms with E-state index in [0.29, 0.717) is 6.54 Å². The second-order valence-electron chi connectivity index (χ2n) is 5.37. The lowest BCUT2D eigenvalue weighted by molar-refractivity contribution is -0.116. The molecule has 1 aliphatic carbocycles. The van der Waals surface area contributed by atoms with E-state index >= 15 is 0 Å². The van der Waals surface area contributed by atoms with Crippen molar-refractivity contribution in [3.05, 3.63) is 46.0 Å². The van der Waals surface area contributed by atoms with Crippen LogP contribution in [-0.4, -0.2) is 19.6 Å². The van der Waals surface area contributed by atoms with Gasteiger partial charge in [0, 0.05) is 22.7 Å². The molecule has 0 unspecified atom stereocenters. The van der Waals surface area contributed by atoms with Crippen LogP contribution < -0.4 is 10.1 Å². The molecule has 0 saturated carbocycles. The molecule has 0 spiro atoms. The zero-order valence-corrected chi connectivity index (χ0v) is 14.5. The zero-order chi connectivity index (χ0) is 15.8. The Balaban J connectivity index is 1.83. The summed E-state index contributed by atoms with van der Waals surface area (Å²) in [6.07, 6.45) is 11.6. The Labute approximate surface area is 140 Å². The molecular weight excluding hydrogens is 342 g/mol. The fourth-order valence-electron chi connectivity index (χ4n) is 2.54. The third-order valence-corrected chi connectivity index (χ3v) is 4.23. The summed E-state index contributed by atoms with van der Waals surface area (Å²) in [7, 11) is 1.62. The second-order valence-corrected chi connectivity index (χ2v) is 6.28. The molecule has 22 heavy (non-hydrogen) atoms. The van der Waals surface area contributed by atoms with Gasteiger partial charge in [-0.15, -0.1) is 0 Å². The molecule has 1 N–H and O–H groups in total. The van der Waals surface area contributed by atoms with Crippen molar-refractivity contribution in [2.75, 3.05) is 13.7 Å². The first kappa shape index (κ1) is 16.8. The number of hydrogen-bond donors (Lipinski definition) is 1. The van der Waals surface area contributed by atoms with Gasteiger partial charge in [0.25, 0.3) is 0 Å². The van der Waals surface area contributed by atoms with Crippen molar-refractivity contribution in [1.29, 1.82) is 0 Å². The summed E-state index contributed by atoms with van der Waals surface area (Å²) in [4.78, 5) is 11.9. The molecule has 0 heterocycles. The minimum absolute atomic E-state index is 0.0709. The molecule has 0 bridgehead atoms. The summed E-state index contributed by atoms with van der Waals surface area (Å²) in [6, 6.07) is 5.71. The van der Waals surface area contributed by atoms with Crippen LogP contribution in [0.15, 0.2) is 40.4 Å². The third-order valence-electron chi connectivity index (χ3n) is 3.74. The van der Waals surface area contributed by atoms with Crippen LogP contribution in [0.25, 0.3) is 6.08 Å². The molecule has 0 fully saturated rings. The van der Waals surface area contributed by atoms with Crippen LogP contribution >= 0.6 is 15.9 Å². The van der Waals surface area contributed by atoms with E-state index in [9.17, 15) is 4.79 Å². The number of benzene rings is 1. The Kier molecular flexibility index (Phi) is 6.72. The van der Waals surface area contributed by atoms with Crippen LogP contribution in [0.2, 0.25) is 0 Å². The Morgan fingerprint density at radius 2 is 2.27 bits per heavy atom. The highest BCUT2D eigenvalue weighted by atomic mass is 79.9. The standard InChI is InChI=1S/C18H22BrNO2/c1-22-17-9-8-16(19)13-15(17)7-10-18(21)20-12-11-14-5-3-2-4-6-14/h5,7-10,13H,2-4,6,11-12H2,1H3,(H,20,21)/b10-7+. The maximum absolute atomic E-state index is 11.9. The van der Waals surface area contributed by atoms with Crippen LogP contribution in [0.1, 0.15) is 37.7 Å². The molecule has 1 amide bonds. The number of hydrogen-bond acceptors (Lipinski definition) is 2.